The third kappa shape index (κ3) is 6.73. The fraction of sp³-hybridized carbons (Fsp3) is 0.267. The summed E-state index contributed by atoms with van der Waals surface area (Å²) >= 11 is 6.87. The van der Waals surface area contributed by atoms with E-state index in [9.17, 15) is 9.59 Å². The number of ether oxygens (including phenoxy) is 4. The highest BCUT2D eigenvalue weighted by Crippen LogP contribution is 2.28. The zero-order valence-corrected chi connectivity index (χ0v) is 26.0. The van der Waals surface area contributed by atoms with E-state index in [1.807, 2.05) is 12.2 Å². The second kappa shape index (κ2) is 13.6. The summed E-state index contributed by atoms with van der Waals surface area (Å²) in [6.07, 6.45) is 9.17. The highest BCUT2D eigenvalue weighted by Gasteiger charge is 2.15. The molecule has 0 aliphatic carbocycles. The van der Waals surface area contributed by atoms with E-state index in [1.54, 1.807) is 36.7 Å². The fourth-order valence-electron chi connectivity index (χ4n) is 4.46. The number of carbonyl (C=O) groups is 2. The SMILES string of the molecule is COC(=O)c1cc(Br)c2nc(C3=CCOCC3)cnc2c1.COC(=O)c1cc(Br)c2ncc(C3=CCOCC3)nc2c1. The molecule has 0 bridgehead atoms. The molecule has 10 nitrogen and oxygen atoms in total. The van der Waals surface area contributed by atoms with Crippen LogP contribution in [0.25, 0.3) is 33.2 Å². The van der Waals surface area contributed by atoms with Crippen LogP contribution >= 0.6 is 31.9 Å². The van der Waals surface area contributed by atoms with Crippen molar-refractivity contribution in [3.63, 3.8) is 0 Å². The average Bonchev–Trinajstić information content (AvgIpc) is 3.04. The van der Waals surface area contributed by atoms with Crippen LogP contribution in [-0.2, 0) is 18.9 Å². The molecule has 216 valence electrons. The van der Waals surface area contributed by atoms with Crippen molar-refractivity contribution in [1.29, 1.82) is 0 Å². The van der Waals surface area contributed by atoms with E-state index in [1.165, 1.54) is 14.2 Å². The molecule has 0 atom stereocenters. The van der Waals surface area contributed by atoms with Crippen molar-refractivity contribution in [1.82, 2.24) is 19.9 Å². The Morgan fingerprint density at radius 3 is 1.79 bits per heavy atom. The summed E-state index contributed by atoms with van der Waals surface area (Å²) in [5, 5.41) is 0. The summed E-state index contributed by atoms with van der Waals surface area (Å²) in [6.45, 7) is 2.60. The lowest BCUT2D eigenvalue weighted by Gasteiger charge is -2.13. The third-order valence-electron chi connectivity index (χ3n) is 6.63. The molecular formula is C30H26Br2N4O6. The van der Waals surface area contributed by atoms with Gasteiger partial charge in [0.15, 0.2) is 0 Å². The molecule has 2 aromatic heterocycles. The predicted molar refractivity (Wildman–Crippen MR) is 164 cm³/mol. The average molecular weight is 698 g/mol. The Bertz CT molecular complexity index is 1740. The van der Waals surface area contributed by atoms with Gasteiger partial charge in [-0.25, -0.2) is 19.6 Å². The smallest absolute Gasteiger partial charge is 0.337 e. The Morgan fingerprint density at radius 1 is 0.714 bits per heavy atom. The van der Waals surface area contributed by atoms with Crippen LogP contribution in [0.1, 0.15) is 44.9 Å². The molecule has 4 aromatic rings. The number of carbonyl (C=O) groups excluding carboxylic acids is 2. The van der Waals surface area contributed by atoms with Crippen LogP contribution in [0, 0.1) is 0 Å². The highest BCUT2D eigenvalue weighted by molar-refractivity contribution is 9.11. The van der Waals surface area contributed by atoms with E-state index < -0.39 is 11.9 Å². The third-order valence-corrected chi connectivity index (χ3v) is 7.84. The van der Waals surface area contributed by atoms with Gasteiger partial charge in [-0.1, -0.05) is 12.2 Å². The molecule has 12 heteroatoms. The van der Waals surface area contributed by atoms with Gasteiger partial charge in [-0.05, 0) is 80.1 Å². The topological polar surface area (TPSA) is 123 Å². The minimum Gasteiger partial charge on any atom is -0.465 e. The lowest BCUT2D eigenvalue weighted by atomic mass is 10.1. The number of hydrogen-bond acceptors (Lipinski definition) is 10. The lowest BCUT2D eigenvalue weighted by molar-refractivity contribution is 0.0592. The normalized spacial score (nSPS) is 14.9. The molecule has 0 amide bonds. The molecular weight excluding hydrogens is 672 g/mol. The van der Waals surface area contributed by atoms with Crippen molar-refractivity contribution in [2.45, 2.75) is 12.8 Å². The summed E-state index contributed by atoms with van der Waals surface area (Å²) in [7, 11) is 2.71. The number of esters is 2. The second-order valence-electron chi connectivity index (χ2n) is 9.25. The number of halogens is 2. The minimum absolute atomic E-state index is 0.393. The first-order chi connectivity index (χ1) is 20.4. The Hall–Kier alpha value is -3.58. The van der Waals surface area contributed by atoms with Gasteiger partial charge in [0.25, 0.3) is 0 Å². The molecule has 0 saturated heterocycles. The van der Waals surface area contributed by atoms with Crippen LogP contribution in [0.4, 0.5) is 0 Å². The van der Waals surface area contributed by atoms with Crippen molar-refractivity contribution in [3.05, 3.63) is 80.3 Å². The van der Waals surface area contributed by atoms with Crippen LogP contribution in [0.2, 0.25) is 0 Å². The Labute approximate surface area is 258 Å². The summed E-state index contributed by atoms with van der Waals surface area (Å²) in [5.74, 6) is -0.786. The highest BCUT2D eigenvalue weighted by atomic mass is 79.9. The first-order valence-corrected chi connectivity index (χ1v) is 14.6. The Kier molecular flexibility index (Phi) is 9.68. The van der Waals surface area contributed by atoms with Crippen LogP contribution in [0.15, 0.2) is 57.8 Å². The van der Waals surface area contributed by atoms with Gasteiger partial charge in [0.1, 0.15) is 11.0 Å². The molecule has 0 N–H and O–H groups in total. The number of nitrogens with zero attached hydrogens (tertiary/aromatic N) is 4. The number of methoxy groups -OCH3 is 2. The van der Waals surface area contributed by atoms with Crippen molar-refractivity contribution in [3.8, 4) is 0 Å². The van der Waals surface area contributed by atoms with Gasteiger partial charge in [-0.2, -0.15) is 0 Å². The van der Waals surface area contributed by atoms with Crippen LogP contribution in [0.3, 0.4) is 0 Å². The maximum Gasteiger partial charge on any atom is 0.337 e. The van der Waals surface area contributed by atoms with Crippen LogP contribution < -0.4 is 0 Å². The first kappa shape index (κ1) is 29.9. The molecule has 2 aliphatic heterocycles. The van der Waals surface area contributed by atoms with Crippen molar-refractivity contribution >= 4 is 77.0 Å². The number of hydrogen-bond donors (Lipinski definition) is 0. The number of rotatable bonds is 4. The monoisotopic (exact) mass is 696 g/mol. The van der Waals surface area contributed by atoms with Gasteiger partial charge in [0.2, 0.25) is 0 Å². The Morgan fingerprint density at radius 2 is 1.24 bits per heavy atom. The quantitative estimate of drug-likeness (QED) is 0.236. The molecule has 6 rings (SSSR count). The maximum absolute atomic E-state index is 11.7. The molecule has 4 heterocycles. The second-order valence-corrected chi connectivity index (χ2v) is 11.0. The van der Waals surface area contributed by atoms with Gasteiger partial charge >= 0.3 is 11.9 Å². The molecule has 0 radical (unpaired) electrons. The van der Waals surface area contributed by atoms with E-state index in [0.29, 0.717) is 48.6 Å². The first-order valence-electron chi connectivity index (χ1n) is 13.0. The van der Waals surface area contributed by atoms with Gasteiger partial charge < -0.3 is 18.9 Å². The van der Waals surface area contributed by atoms with Gasteiger partial charge in [0.05, 0.1) is 86.6 Å². The van der Waals surface area contributed by atoms with E-state index in [4.69, 9.17) is 18.9 Å². The molecule has 0 fully saturated rings. The summed E-state index contributed by atoms with van der Waals surface area (Å²) in [4.78, 5) is 41.4. The lowest BCUT2D eigenvalue weighted by Crippen LogP contribution is -2.06. The zero-order chi connectivity index (χ0) is 29.6. The standard InChI is InChI=1S/2C15H13BrN2O3/c1-20-15(19)10-6-11(16)14-12(7-10)18-13(8-17-14)9-2-4-21-5-3-9;1-20-15(19)10-6-11(16)14-12(7-10)17-8-13(18-14)9-2-4-21-5-3-9/h2*2,6-8H,3-5H2,1H3. The van der Waals surface area contributed by atoms with E-state index in [0.717, 1.165) is 55.4 Å². The van der Waals surface area contributed by atoms with Gasteiger partial charge in [-0.3, -0.25) is 9.97 Å². The predicted octanol–water partition coefficient (Wildman–Crippen LogP) is 5.97. The maximum atomic E-state index is 11.7. The van der Waals surface area contributed by atoms with Crippen LogP contribution in [0.5, 0.6) is 0 Å². The van der Waals surface area contributed by atoms with E-state index in [2.05, 4.69) is 51.8 Å². The van der Waals surface area contributed by atoms with E-state index >= 15 is 0 Å². The summed E-state index contributed by atoms with van der Waals surface area (Å²) in [5.41, 5.74) is 7.59. The van der Waals surface area contributed by atoms with Crippen LogP contribution in [-0.4, -0.2) is 72.5 Å². The van der Waals surface area contributed by atoms with Crippen molar-refractivity contribution in [2.24, 2.45) is 0 Å². The van der Waals surface area contributed by atoms with Gasteiger partial charge in [0, 0.05) is 8.95 Å². The molecule has 0 saturated carbocycles. The molecule has 2 aromatic carbocycles. The molecule has 0 spiro atoms. The summed E-state index contributed by atoms with van der Waals surface area (Å²) < 4.78 is 21.5. The fourth-order valence-corrected chi connectivity index (χ4v) is 5.55. The van der Waals surface area contributed by atoms with Gasteiger partial charge in [-0.15, -0.1) is 0 Å². The summed E-state index contributed by atoms with van der Waals surface area (Å²) in [6, 6.07) is 6.77. The Balaban J connectivity index is 0.000000168. The number of aromatic nitrogens is 4. The number of benzene rings is 2. The van der Waals surface area contributed by atoms with Crippen molar-refractivity contribution in [2.75, 3.05) is 40.6 Å². The molecule has 0 unspecified atom stereocenters. The molecule has 2 aliphatic rings. The minimum atomic E-state index is -0.393. The van der Waals surface area contributed by atoms with Crippen molar-refractivity contribution < 1.29 is 28.5 Å². The zero-order valence-electron chi connectivity index (χ0n) is 22.9. The number of fused-ring (bicyclic) bond motifs is 2. The van der Waals surface area contributed by atoms with E-state index in [-0.39, 0.29) is 0 Å². The molecule has 42 heavy (non-hydrogen) atoms. The largest absolute Gasteiger partial charge is 0.465 e.